The second kappa shape index (κ2) is 9.30. The lowest BCUT2D eigenvalue weighted by molar-refractivity contribution is -0.119. The standard InChI is InChI=1S/C19H23ClN2O3/c1-3-24-17-10-14(9-16(20)19(17)25-12-18(21)23)11-22-13(2)15-7-5-4-6-8-15/h4-10,13,22H,3,11-12H2,1-2H3,(H2,21,23)/t13-/m0/s1. The number of carbonyl (C=O) groups is 1. The smallest absolute Gasteiger partial charge is 0.255 e. The highest BCUT2D eigenvalue weighted by molar-refractivity contribution is 6.32. The van der Waals surface area contributed by atoms with E-state index in [-0.39, 0.29) is 12.6 Å². The lowest BCUT2D eigenvalue weighted by Gasteiger charge is -2.17. The number of amides is 1. The molecule has 2 rings (SSSR count). The number of rotatable bonds is 9. The molecule has 0 bridgehead atoms. The fourth-order valence-corrected chi connectivity index (χ4v) is 2.69. The van der Waals surface area contributed by atoms with Gasteiger partial charge >= 0.3 is 0 Å². The van der Waals surface area contributed by atoms with Crippen LogP contribution in [0.25, 0.3) is 0 Å². The number of carbonyl (C=O) groups excluding carboxylic acids is 1. The van der Waals surface area contributed by atoms with Gasteiger partial charge in [-0.25, -0.2) is 0 Å². The molecule has 0 fully saturated rings. The quantitative estimate of drug-likeness (QED) is 0.716. The summed E-state index contributed by atoms with van der Waals surface area (Å²) >= 11 is 6.30. The Labute approximate surface area is 153 Å². The van der Waals surface area contributed by atoms with Gasteiger partial charge in [0.05, 0.1) is 11.6 Å². The summed E-state index contributed by atoms with van der Waals surface area (Å²) in [5, 5.41) is 3.84. The van der Waals surface area contributed by atoms with Crippen molar-refractivity contribution in [1.82, 2.24) is 5.32 Å². The summed E-state index contributed by atoms with van der Waals surface area (Å²) in [4.78, 5) is 10.9. The Morgan fingerprint density at radius 3 is 2.60 bits per heavy atom. The molecular formula is C19H23ClN2O3. The third kappa shape index (κ3) is 5.66. The fraction of sp³-hybridized carbons (Fsp3) is 0.316. The van der Waals surface area contributed by atoms with Gasteiger partial charge in [-0.1, -0.05) is 41.9 Å². The minimum atomic E-state index is -0.569. The molecule has 6 heteroatoms. The van der Waals surface area contributed by atoms with Crippen molar-refractivity contribution in [3.05, 3.63) is 58.6 Å². The van der Waals surface area contributed by atoms with Crippen molar-refractivity contribution >= 4 is 17.5 Å². The molecule has 2 aromatic carbocycles. The molecule has 0 saturated heterocycles. The molecule has 25 heavy (non-hydrogen) atoms. The topological polar surface area (TPSA) is 73.6 Å². The van der Waals surface area contributed by atoms with Gasteiger partial charge < -0.3 is 20.5 Å². The number of primary amides is 1. The number of nitrogens with two attached hydrogens (primary N) is 1. The minimum absolute atomic E-state index is 0.196. The molecule has 0 aliphatic heterocycles. The lowest BCUT2D eigenvalue weighted by Crippen LogP contribution is -2.21. The molecular weight excluding hydrogens is 340 g/mol. The van der Waals surface area contributed by atoms with E-state index in [0.717, 1.165) is 5.56 Å². The molecule has 1 amide bonds. The predicted molar refractivity (Wildman–Crippen MR) is 99.0 cm³/mol. The van der Waals surface area contributed by atoms with Crippen LogP contribution in [0, 0.1) is 0 Å². The Kier molecular flexibility index (Phi) is 7.10. The van der Waals surface area contributed by atoms with Gasteiger partial charge in [0.25, 0.3) is 5.91 Å². The van der Waals surface area contributed by atoms with Gasteiger partial charge in [-0.15, -0.1) is 0 Å². The van der Waals surface area contributed by atoms with Gasteiger partial charge in [-0.3, -0.25) is 4.79 Å². The Balaban J connectivity index is 2.11. The van der Waals surface area contributed by atoms with Crippen LogP contribution >= 0.6 is 11.6 Å². The molecule has 2 aromatic rings. The third-order valence-electron chi connectivity index (χ3n) is 3.64. The van der Waals surface area contributed by atoms with Gasteiger partial charge in [0, 0.05) is 12.6 Å². The van der Waals surface area contributed by atoms with Crippen LogP contribution in [0.15, 0.2) is 42.5 Å². The van der Waals surface area contributed by atoms with Crippen LogP contribution in [-0.4, -0.2) is 19.1 Å². The first kappa shape index (κ1) is 19.1. The summed E-state index contributed by atoms with van der Waals surface area (Å²) in [6.07, 6.45) is 0. The molecule has 0 aliphatic carbocycles. The van der Waals surface area contributed by atoms with E-state index in [1.54, 1.807) is 6.07 Å². The zero-order chi connectivity index (χ0) is 18.2. The van der Waals surface area contributed by atoms with Crippen LogP contribution in [0.4, 0.5) is 0 Å². The van der Waals surface area contributed by atoms with Crippen molar-refractivity contribution in [1.29, 1.82) is 0 Å². The first-order chi connectivity index (χ1) is 12.0. The molecule has 0 saturated carbocycles. The summed E-state index contributed by atoms with van der Waals surface area (Å²) in [5.74, 6) is 0.267. The average molecular weight is 363 g/mol. The van der Waals surface area contributed by atoms with Crippen molar-refractivity contribution < 1.29 is 14.3 Å². The number of benzene rings is 2. The number of ether oxygens (including phenoxy) is 2. The normalized spacial score (nSPS) is 11.8. The van der Waals surface area contributed by atoms with Gasteiger partial charge in [0.1, 0.15) is 0 Å². The van der Waals surface area contributed by atoms with Crippen LogP contribution in [-0.2, 0) is 11.3 Å². The van der Waals surface area contributed by atoms with E-state index in [0.29, 0.717) is 29.7 Å². The number of halogens is 1. The molecule has 0 heterocycles. The maximum absolute atomic E-state index is 10.9. The molecule has 134 valence electrons. The molecule has 3 N–H and O–H groups in total. The van der Waals surface area contributed by atoms with Crippen LogP contribution in [0.2, 0.25) is 5.02 Å². The highest BCUT2D eigenvalue weighted by Crippen LogP contribution is 2.36. The van der Waals surface area contributed by atoms with E-state index in [9.17, 15) is 4.79 Å². The highest BCUT2D eigenvalue weighted by Gasteiger charge is 2.14. The minimum Gasteiger partial charge on any atom is -0.490 e. The van der Waals surface area contributed by atoms with E-state index in [1.807, 2.05) is 31.2 Å². The maximum atomic E-state index is 10.9. The lowest BCUT2D eigenvalue weighted by atomic mass is 10.1. The van der Waals surface area contributed by atoms with Crippen LogP contribution in [0.5, 0.6) is 11.5 Å². The highest BCUT2D eigenvalue weighted by atomic mass is 35.5. The van der Waals surface area contributed by atoms with Crippen LogP contribution in [0.3, 0.4) is 0 Å². The van der Waals surface area contributed by atoms with Crippen molar-refractivity contribution in [2.45, 2.75) is 26.4 Å². The first-order valence-electron chi connectivity index (χ1n) is 8.16. The average Bonchev–Trinajstić information content (AvgIpc) is 2.59. The van der Waals surface area contributed by atoms with Gasteiger partial charge in [0.2, 0.25) is 0 Å². The molecule has 0 aromatic heterocycles. The number of nitrogens with one attached hydrogen (secondary N) is 1. The van der Waals surface area contributed by atoms with Crippen molar-refractivity contribution in [2.24, 2.45) is 5.73 Å². The summed E-state index contributed by atoms with van der Waals surface area (Å²) in [5.41, 5.74) is 7.29. The van der Waals surface area contributed by atoms with E-state index < -0.39 is 5.91 Å². The first-order valence-corrected chi connectivity index (χ1v) is 8.53. The zero-order valence-electron chi connectivity index (χ0n) is 14.4. The van der Waals surface area contributed by atoms with Gasteiger partial charge in [0.15, 0.2) is 18.1 Å². The Bertz CT molecular complexity index is 707. The largest absolute Gasteiger partial charge is 0.490 e. The van der Waals surface area contributed by atoms with Crippen LogP contribution < -0.4 is 20.5 Å². The predicted octanol–water partition coefficient (Wildman–Crippen LogP) is 3.45. The molecule has 1 atom stereocenters. The molecule has 0 aliphatic rings. The zero-order valence-corrected chi connectivity index (χ0v) is 15.2. The monoisotopic (exact) mass is 362 g/mol. The van der Waals surface area contributed by atoms with Crippen molar-refractivity contribution in [2.75, 3.05) is 13.2 Å². The summed E-state index contributed by atoms with van der Waals surface area (Å²) in [6.45, 7) is 4.80. The van der Waals surface area contributed by atoms with Gasteiger partial charge in [-0.05, 0) is 37.1 Å². The second-order valence-electron chi connectivity index (χ2n) is 5.61. The Hall–Kier alpha value is -2.24. The van der Waals surface area contributed by atoms with Crippen molar-refractivity contribution in [3.63, 3.8) is 0 Å². The van der Waals surface area contributed by atoms with E-state index in [4.69, 9.17) is 26.8 Å². The summed E-state index contributed by atoms with van der Waals surface area (Å²) < 4.78 is 11.0. The Morgan fingerprint density at radius 2 is 1.96 bits per heavy atom. The molecule has 0 spiro atoms. The summed E-state index contributed by atoms with van der Waals surface area (Å²) in [7, 11) is 0. The SMILES string of the molecule is CCOc1cc(CN[C@@H](C)c2ccccc2)cc(Cl)c1OCC(N)=O. The summed E-state index contributed by atoms with van der Waals surface area (Å²) in [6, 6.07) is 14.0. The van der Waals surface area contributed by atoms with Gasteiger partial charge in [-0.2, -0.15) is 0 Å². The van der Waals surface area contributed by atoms with Crippen LogP contribution in [0.1, 0.15) is 31.0 Å². The van der Waals surface area contributed by atoms with E-state index >= 15 is 0 Å². The Morgan fingerprint density at radius 1 is 1.24 bits per heavy atom. The second-order valence-corrected chi connectivity index (χ2v) is 6.01. The molecule has 0 radical (unpaired) electrons. The third-order valence-corrected chi connectivity index (χ3v) is 3.92. The van der Waals surface area contributed by atoms with Crippen molar-refractivity contribution in [3.8, 4) is 11.5 Å². The van der Waals surface area contributed by atoms with E-state index in [1.165, 1.54) is 5.56 Å². The maximum Gasteiger partial charge on any atom is 0.255 e. The number of hydrogen-bond donors (Lipinski definition) is 2. The molecule has 5 nitrogen and oxygen atoms in total. The van der Waals surface area contributed by atoms with E-state index in [2.05, 4.69) is 24.4 Å². The fourth-order valence-electron chi connectivity index (χ4n) is 2.40. The molecule has 0 unspecified atom stereocenters. The number of hydrogen-bond acceptors (Lipinski definition) is 4.